The lowest BCUT2D eigenvalue weighted by atomic mass is 9.87. The van der Waals surface area contributed by atoms with Crippen LogP contribution in [-0.4, -0.2) is 16.0 Å². The van der Waals surface area contributed by atoms with Crippen molar-refractivity contribution in [3.63, 3.8) is 0 Å². The molecule has 2 unspecified atom stereocenters. The maximum absolute atomic E-state index is 4.21. The van der Waals surface area contributed by atoms with Gasteiger partial charge in [0.05, 0.1) is 6.54 Å². The summed E-state index contributed by atoms with van der Waals surface area (Å²) in [7, 11) is 0. The van der Waals surface area contributed by atoms with Gasteiger partial charge in [0.25, 0.3) is 0 Å². The van der Waals surface area contributed by atoms with Crippen LogP contribution in [0.2, 0.25) is 0 Å². The molecule has 3 heteroatoms. The summed E-state index contributed by atoms with van der Waals surface area (Å²) in [6, 6.07) is 2.52. The van der Waals surface area contributed by atoms with E-state index in [-0.39, 0.29) is 0 Å². The van der Waals surface area contributed by atoms with Crippen LogP contribution in [0.25, 0.3) is 0 Å². The predicted octanol–water partition coefficient (Wildman–Crippen LogP) is 2.14. The number of rotatable bonds is 3. The van der Waals surface area contributed by atoms with E-state index >= 15 is 0 Å². The molecule has 0 aliphatic heterocycles. The fraction of sp³-hybridized carbons (Fsp3) is 0.667. The molecule has 1 heterocycles. The van der Waals surface area contributed by atoms with Crippen molar-refractivity contribution >= 4 is 0 Å². The Hall–Kier alpha value is -0.960. The SMILES string of the molecule is CC1CCCC(NCc2ncccn2)C1. The first-order valence-electron chi connectivity index (χ1n) is 5.84. The summed E-state index contributed by atoms with van der Waals surface area (Å²) in [6.45, 7) is 3.14. The zero-order chi connectivity index (χ0) is 10.5. The van der Waals surface area contributed by atoms with Crippen molar-refractivity contribution in [3.05, 3.63) is 24.3 Å². The lowest BCUT2D eigenvalue weighted by molar-refractivity contribution is 0.299. The smallest absolute Gasteiger partial charge is 0.141 e. The fourth-order valence-corrected chi connectivity index (χ4v) is 2.28. The first-order chi connectivity index (χ1) is 7.34. The first-order valence-corrected chi connectivity index (χ1v) is 5.84. The van der Waals surface area contributed by atoms with Gasteiger partial charge < -0.3 is 5.32 Å². The van der Waals surface area contributed by atoms with E-state index in [1.54, 1.807) is 12.4 Å². The zero-order valence-corrected chi connectivity index (χ0v) is 9.32. The molecule has 2 rings (SSSR count). The minimum absolute atomic E-state index is 0.664. The normalized spacial score (nSPS) is 26.5. The molecular formula is C12H19N3. The standard InChI is InChI=1S/C12H19N3/c1-10-4-2-5-11(8-10)15-9-12-13-6-3-7-14-12/h3,6-7,10-11,15H,2,4-5,8-9H2,1H3. The van der Waals surface area contributed by atoms with Gasteiger partial charge in [-0.25, -0.2) is 9.97 Å². The summed E-state index contributed by atoms with van der Waals surface area (Å²) in [5, 5.41) is 3.54. The Morgan fingerprint density at radius 3 is 2.87 bits per heavy atom. The summed E-state index contributed by atoms with van der Waals surface area (Å²) >= 11 is 0. The van der Waals surface area contributed by atoms with Crippen molar-refractivity contribution in [2.45, 2.75) is 45.2 Å². The third-order valence-corrected chi connectivity index (χ3v) is 3.10. The number of nitrogens with one attached hydrogen (secondary N) is 1. The number of nitrogens with zero attached hydrogens (tertiary/aromatic N) is 2. The van der Waals surface area contributed by atoms with E-state index in [1.807, 2.05) is 6.07 Å². The molecule has 3 nitrogen and oxygen atoms in total. The van der Waals surface area contributed by atoms with Gasteiger partial charge in [-0.15, -0.1) is 0 Å². The van der Waals surface area contributed by atoms with E-state index in [1.165, 1.54) is 25.7 Å². The van der Waals surface area contributed by atoms with Crippen LogP contribution in [0.3, 0.4) is 0 Å². The molecule has 0 bridgehead atoms. The molecule has 0 aromatic carbocycles. The molecule has 2 atom stereocenters. The van der Waals surface area contributed by atoms with Gasteiger partial charge in [0.15, 0.2) is 0 Å². The van der Waals surface area contributed by atoms with Crippen LogP contribution >= 0.6 is 0 Å². The van der Waals surface area contributed by atoms with Crippen LogP contribution in [0.4, 0.5) is 0 Å². The van der Waals surface area contributed by atoms with E-state index < -0.39 is 0 Å². The van der Waals surface area contributed by atoms with Crippen molar-refractivity contribution in [3.8, 4) is 0 Å². The van der Waals surface area contributed by atoms with E-state index in [9.17, 15) is 0 Å². The number of aromatic nitrogens is 2. The molecule has 0 saturated heterocycles. The van der Waals surface area contributed by atoms with E-state index in [4.69, 9.17) is 0 Å². The Labute approximate surface area is 91.3 Å². The Kier molecular flexibility index (Phi) is 3.67. The fourth-order valence-electron chi connectivity index (χ4n) is 2.28. The van der Waals surface area contributed by atoms with Crippen molar-refractivity contribution in [1.29, 1.82) is 0 Å². The Bertz CT molecular complexity index is 286. The van der Waals surface area contributed by atoms with Gasteiger partial charge in [0.2, 0.25) is 0 Å². The van der Waals surface area contributed by atoms with Gasteiger partial charge in [-0.05, 0) is 24.8 Å². The van der Waals surface area contributed by atoms with Crippen LogP contribution in [0.5, 0.6) is 0 Å². The summed E-state index contributed by atoms with van der Waals surface area (Å²) in [5.74, 6) is 1.77. The topological polar surface area (TPSA) is 37.8 Å². The predicted molar refractivity (Wildman–Crippen MR) is 60.3 cm³/mol. The molecule has 1 aliphatic rings. The second-order valence-electron chi connectivity index (χ2n) is 4.51. The van der Waals surface area contributed by atoms with Gasteiger partial charge in [0.1, 0.15) is 5.82 Å². The van der Waals surface area contributed by atoms with Crippen molar-refractivity contribution in [2.24, 2.45) is 5.92 Å². The summed E-state index contributed by atoms with van der Waals surface area (Å²) < 4.78 is 0. The highest BCUT2D eigenvalue weighted by Gasteiger charge is 2.18. The van der Waals surface area contributed by atoms with E-state index in [0.717, 1.165) is 18.3 Å². The number of hydrogen-bond acceptors (Lipinski definition) is 3. The molecule has 1 saturated carbocycles. The van der Waals surface area contributed by atoms with Gasteiger partial charge in [-0.2, -0.15) is 0 Å². The second-order valence-corrected chi connectivity index (χ2v) is 4.51. The quantitative estimate of drug-likeness (QED) is 0.821. The van der Waals surface area contributed by atoms with E-state index in [2.05, 4.69) is 22.2 Å². The molecule has 1 N–H and O–H groups in total. The van der Waals surface area contributed by atoms with Crippen LogP contribution < -0.4 is 5.32 Å². The lowest BCUT2D eigenvalue weighted by Gasteiger charge is -2.27. The Balaban J connectivity index is 1.78. The summed E-state index contributed by atoms with van der Waals surface area (Å²) in [4.78, 5) is 8.42. The molecule has 0 spiro atoms. The molecule has 0 amide bonds. The molecule has 1 aromatic heterocycles. The average molecular weight is 205 g/mol. The third-order valence-electron chi connectivity index (χ3n) is 3.10. The number of hydrogen-bond donors (Lipinski definition) is 1. The molecule has 82 valence electrons. The molecule has 1 fully saturated rings. The third kappa shape index (κ3) is 3.27. The lowest BCUT2D eigenvalue weighted by Crippen LogP contribution is -2.33. The highest BCUT2D eigenvalue weighted by Crippen LogP contribution is 2.23. The minimum atomic E-state index is 0.664. The van der Waals surface area contributed by atoms with Crippen LogP contribution in [0.1, 0.15) is 38.4 Å². The molecule has 0 radical (unpaired) electrons. The summed E-state index contributed by atoms with van der Waals surface area (Å²) in [5.41, 5.74) is 0. The molecule has 1 aromatic rings. The van der Waals surface area contributed by atoms with Gasteiger partial charge in [-0.3, -0.25) is 0 Å². The minimum Gasteiger partial charge on any atom is -0.307 e. The van der Waals surface area contributed by atoms with Crippen molar-refractivity contribution in [1.82, 2.24) is 15.3 Å². The maximum Gasteiger partial charge on any atom is 0.141 e. The molecule has 15 heavy (non-hydrogen) atoms. The van der Waals surface area contributed by atoms with Crippen molar-refractivity contribution < 1.29 is 0 Å². The van der Waals surface area contributed by atoms with E-state index in [0.29, 0.717) is 6.04 Å². The van der Waals surface area contributed by atoms with Gasteiger partial charge in [0, 0.05) is 18.4 Å². The highest BCUT2D eigenvalue weighted by molar-refractivity contribution is 4.89. The second kappa shape index (κ2) is 5.21. The first kappa shape index (κ1) is 10.6. The largest absolute Gasteiger partial charge is 0.307 e. The van der Waals surface area contributed by atoms with Gasteiger partial charge >= 0.3 is 0 Å². The van der Waals surface area contributed by atoms with Crippen LogP contribution in [-0.2, 0) is 6.54 Å². The Morgan fingerprint density at radius 2 is 2.13 bits per heavy atom. The highest BCUT2D eigenvalue weighted by atomic mass is 15.0. The average Bonchev–Trinajstić information content (AvgIpc) is 2.28. The molecular weight excluding hydrogens is 186 g/mol. The van der Waals surface area contributed by atoms with Crippen molar-refractivity contribution in [2.75, 3.05) is 0 Å². The zero-order valence-electron chi connectivity index (χ0n) is 9.32. The van der Waals surface area contributed by atoms with Crippen LogP contribution in [0.15, 0.2) is 18.5 Å². The Morgan fingerprint density at radius 1 is 1.33 bits per heavy atom. The summed E-state index contributed by atoms with van der Waals surface area (Å²) in [6.07, 6.45) is 8.94. The molecule has 1 aliphatic carbocycles. The van der Waals surface area contributed by atoms with Crippen LogP contribution in [0, 0.1) is 5.92 Å². The monoisotopic (exact) mass is 205 g/mol. The van der Waals surface area contributed by atoms with Gasteiger partial charge in [-0.1, -0.05) is 19.8 Å². The maximum atomic E-state index is 4.21.